The first-order valence-corrected chi connectivity index (χ1v) is 9.97. The van der Waals surface area contributed by atoms with E-state index in [1.54, 1.807) is 0 Å². The van der Waals surface area contributed by atoms with Gasteiger partial charge in [-0.25, -0.2) is 0 Å². The van der Waals surface area contributed by atoms with E-state index in [4.69, 9.17) is 9.26 Å². The minimum atomic E-state index is -0.241. The van der Waals surface area contributed by atoms with Gasteiger partial charge in [0.1, 0.15) is 10.6 Å². The van der Waals surface area contributed by atoms with Gasteiger partial charge in [-0.05, 0) is 47.2 Å². The van der Waals surface area contributed by atoms with Gasteiger partial charge in [-0.1, -0.05) is 35.5 Å². The number of anilines is 1. The molecule has 1 saturated carbocycles. The highest BCUT2D eigenvalue weighted by atomic mass is 32.1. The van der Waals surface area contributed by atoms with Crippen LogP contribution in [0.3, 0.4) is 0 Å². The van der Waals surface area contributed by atoms with Crippen LogP contribution in [-0.2, 0) is 4.79 Å². The number of benzene rings is 2. The van der Waals surface area contributed by atoms with E-state index in [1.807, 2.05) is 53.9 Å². The zero-order chi connectivity index (χ0) is 18.9. The van der Waals surface area contributed by atoms with Crippen molar-refractivity contribution in [2.24, 2.45) is 0 Å². The molecule has 140 valence electrons. The van der Waals surface area contributed by atoms with Crippen LogP contribution in [0, 0.1) is 0 Å². The molecule has 2 aromatic carbocycles. The summed E-state index contributed by atoms with van der Waals surface area (Å²) in [4.78, 5) is 17.6. The van der Waals surface area contributed by atoms with Crippen molar-refractivity contribution >= 4 is 33.7 Å². The number of aromatic nitrogens is 2. The van der Waals surface area contributed by atoms with Gasteiger partial charge in [0.05, 0.1) is 5.69 Å². The third-order valence-corrected chi connectivity index (χ3v) is 5.51. The molecule has 0 radical (unpaired) electrons. The Morgan fingerprint density at radius 2 is 2.04 bits per heavy atom. The molecule has 1 aliphatic carbocycles. The number of rotatable bonds is 6. The summed E-state index contributed by atoms with van der Waals surface area (Å²) in [7, 11) is 0. The van der Waals surface area contributed by atoms with Gasteiger partial charge < -0.3 is 14.6 Å². The number of amides is 1. The Kier molecular flexibility index (Phi) is 4.29. The smallest absolute Gasteiger partial charge is 0.270 e. The molecule has 7 heteroatoms. The van der Waals surface area contributed by atoms with Crippen molar-refractivity contribution in [2.75, 3.05) is 11.9 Å². The number of nitrogens with zero attached hydrogens (tertiary/aromatic N) is 2. The Morgan fingerprint density at radius 3 is 2.89 bits per heavy atom. The van der Waals surface area contributed by atoms with E-state index < -0.39 is 0 Å². The molecular formula is C21H17N3O3S. The van der Waals surface area contributed by atoms with Crippen molar-refractivity contribution in [3.63, 3.8) is 0 Å². The summed E-state index contributed by atoms with van der Waals surface area (Å²) in [5, 5.41) is 11.0. The molecular weight excluding hydrogens is 374 g/mol. The predicted molar refractivity (Wildman–Crippen MR) is 108 cm³/mol. The van der Waals surface area contributed by atoms with Crippen LogP contribution in [0.2, 0.25) is 0 Å². The van der Waals surface area contributed by atoms with Gasteiger partial charge in [0, 0.05) is 5.92 Å². The third kappa shape index (κ3) is 3.48. The first-order valence-electron chi connectivity index (χ1n) is 9.09. The standard InChI is InChI=1S/C21H17N3O3S/c25-18(12-26-16-8-7-13-3-1-2-4-15(13)11-16)22-17-9-10-28-19(17)21-23-20(24-27-21)14-5-6-14/h1-4,7-11,14H,5-6,12H2,(H,22,25). The summed E-state index contributed by atoms with van der Waals surface area (Å²) in [5.41, 5.74) is 0.656. The average Bonchev–Trinajstić information content (AvgIpc) is 3.27. The van der Waals surface area contributed by atoms with Crippen LogP contribution in [-0.4, -0.2) is 22.7 Å². The number of fused-ring (bicyclic) bond motifs is 1. The van der Waals surface area contributed by atoms with E-state index >= 15 is 0 Å². The molecule has 6 nitrogen and oxygen atoms in total. The second kappa shape index (κ2) is 7.09. The van der Waals surface area contributed by atoms with Gasteiger partial charge in [0.2, 0.25) is 0 Å². The van der Waals surface area contributed by atoms with E-state index in [1.165, 1.54) is 11.3 Å². The van der Waals surface area contributed by atoms with Crippen LogP contribution in [0.5, 0.6) is 5.75 Å². The maximum Gasteiger partial charge on any atom is 0.270 e. The van der Waals surface area contributed by atoms with E-state index in [-0.39, 0.29) is 12.5 Å². The van der Waals surface area contributed by atoms with Gasteiger partial charge in [0.15, 0.2) is 12.4 Å². The Balaban J connectivity index is 1.25. The van der Waals surface area contributed by atoms with Gasteiger partial charge in [-0.2, -0.15) is 4.98 Å². The molecule has 4 aromatic rings. The van der Waals surface area contributed by atoms with Gasteiger partial charge in [0.25, 0.3) is 11.8 Å². The lowest BCUT2D eigenvalue weighted by Crippen LogP contribution is -2.20. The second-order valence-electron chi connectivity index (χ2n) is 6.74. The summed E-state index contributed by atoms with van der Waals surface area (Å²) in [6.45, 7) is -0.0786. The Labute approximate surface area is 165 Å². The molecule has 0 atom stereocenters. The van der Waals surface area contributed by atoms with Crippen LogP contribution in [0.25, 0.3) is 21.5 Å². The van der Waals surface area contributed by atoms with Crippen molar-refractivity contribution in [2.45, 2.75) is 18.8 Å². The maximum absolute atomic E-state index is 12.4. The van der Waals surface area contributed by atoms with Crippen molar-refractivity contribution in [3.05, 3.63) is 59.7 Å². The van der Waals surface area contributed by atoms with Crippen LogP contribution in [0.4, 0.5) is 5.69 Å². The SMILES string of the molecule is O=C(COc1ccc2ccccc2c1)Nc1ccsc1-c1nc(C2CC2)no1. The van der Waals surface area contributed by atoms with E-state index in [2.05, 4.69) is 15.5 Å². The molecule has 0 bridgehead atoms. The molecule has 0 spiro atoms. The molecule has 1 fully saturated rings. The van der Waals surface area contributed by atoms with Gasteiger partial charge in [-0.15, -0.1) is 11.3 Å². The number of ether oxygens (including phenoxy) is 1. The van der Waals surface area contributed by atoms with Crippen molar-refractivity contribution < 1.29 is 14.1 Å². The summed E-state index contributed by atoms with van der Waals surface area (Å²) < 4.78 is 11.0. The summed E-state index contributed by atoms with van der Waals surface area (Å²) in [6, 6.07) is 15.6. The summed E-state index contributed by atoms with van der Waals surface area (Å²) >= 11 is 1.45. The Hall–Kier alpha value is -3.19. The maximum atomic E-state index is 12.4. The van der Waals surface area contributed by atoms with Crippen LogP contribution < -0.4 is 10.1 Å². The molecule has 0 aliphatic heterocycles. The summed E-state index contributed by atoms with van der Waals surface area (Å²) in [5.74, 6) is 2.04. The minimum Gasteiger partial charge on any atom is -0.484 e. The van der Waals surface area contributed by atoms with E-state index in [9.17, 15) is 4.79 Å². The lowest BCUT2D eigenvalue weighted by molar-refractivity contribution is -0.118. The van der Waals surface area contributed by atoms with Crippen LogP contribution in [0.1, 0.15) is 24.6 Å². The first-order chi connectivity index (χ1) is 13.8. The molecule has 2 aromatic heterocycles. The number of hydrogen-bond donors (Lipinski definition) is 1. The number of carbonyl (C=O) groups excluding carboxylic acids is 1. The van der Waals surface area contributed by atoms with Crippen molar-refractivity contribution in [3.8, 4) is 16.5 Å². The zero-order valence-electron chi connectivity index (χ0n) is 14.9. The normalized spacial score (nSPS) is 13.6. The lowest BCUT2D eigenvalue weighted by Gasteiger charge is -2.08. The predicted octanol–water partition coefficient (Wildman–Crippen LogP) is 4.85. The summed E-state index contributed by atoms with van der Waals surface area (Å²) in [6.07, 6.45) is 2.22. The van der Waals surface area contributed by atoms with E-state index in [0.29, 0.717) is 23.2 Å². The molecule has 1 N–H and O–H groups in total. The van der Waals surface area contributed by atoms with Gasteiger partial charge in [-0.3, -0.25) is 4.79 Å². The minimum absolute atomic E-state index is 0.0786. The molecule has 2 heterocycles. The number of hydrogen-bond acceptors (Lipinski definition) is 6. The molecule has 0 unspecified atom stereocenters. The molecule has 5 rings (SSSR count). The quantitative estimate of drug-likeness (QED) is 0.509. The number of thiophene rings is 1. The second-order valence-corrected chi connectivity index (χ2v) is 7.66. The highest BCUT2D eigenvalue weighted by Gasteiger charge is 2.29. The Bertz CT molecular complexity index is 1150. The van der Waals surface area contributed by atoms with Crippen LogP contribution >= 0.6 is 11.3 Å². The Morgan fingerprint density at radius 1 is 1.18 bits per heavy atom. The zero-order valence-corrected chi connectivity index (χ0v) is 15.7. The largest absolute Gasteiger partial charge is 0.484 e. The molecule has 1 aliphatic rings. The van der Waals surface area contributed by atoms with Crippen molar-refractivity contribution in [1.82, 2.24) is 10.1 Å². The van der Waals surface area contributed by atoms with Gasteiger partial charge >= 0.3 is 0 Å². The fourth-order valence-corrected chi connectivity index (χ4v) is 3.77. The molecule has 0 saturated heterocycles. The highest BCUT2D eigenvalue weighted by molar-refractivity contribution is 7.14. The third-order valence-electron chi connectivity index (χ3n) is 4.61. The van der Waals surface area contributed by atoms with Crippen LogP contribution in [0.15, 0.2) is 58.4 Å². The molecule has 1 amide bonds. The monoisotopic (exact) mass is 391 g/mol. The van der Waals surface area contributed by atoms with E-state index in [0.717, 1.165) is 34.3 Å². The fourth-order valence-electron chi connectivity index (χ4n) is 3.00. The number of carbonyl (C=O) groups is 1. The average molecular weight is 391 g/mol. The number of nitrogens with one attached hydrogen (secondary N) is 1. The fraction of sp³-hybridized carbons (Fsp3) is 0.190. The highest BCUT2D eigenvalue weighted by Crippen LogP contribution is 2.40. The molecule has 28 heavy (non-hydrogen) atoms. The first kappa shape index (κ1) is 16.9. The topological polar surface area (TPSA) is 77.2 Å². The van der Waals surface area contributed by atoms with Crippen molar-refractivity contribution in [1.29, 1.82) is 0 Å². The lowest BCUT2D eigenvalue weighted by atomic mass is 10.1.